The Morgan fingerprint density at radius 1 is 1.56 bits per heavy atom. The van der Waals surface area contributed by atoms with E-state index in [0.717, 1.165) is 19.3 Å². The van der Waals surface area contributed by atoms with E-state index >= 15 is 0 Å². The Kier molecular flexibility index (Phi) is 3.78. The van der Waals surface area contributed by atoms with Crippen LogP contribution in [0.5, 0.6) is 0 Å². The van der Waals surface area contributed by atoms with Crippen LogP contribution in [0.15, 0.2) is 18.2 Å². The fourth-order valence-corrected chi connectivity index (χ4v) is 2.30. The van der Waals surface area contributed by atoms with Gasteiger partial charge in [-0.1, -0.05) is 17.7 Å². The number of carbonyl (C=O) groups excluding carboxylic acids is 1. The van der Waals surface area contributed by atoms with E-state index in [-0.39, 0.29) is 11.5 Å². The second kappa shape index (κ2) is 5.16. The number of anilines is 1. The third kappa shape index (κ3) is 2.44. The lowest BCUT2D eigenvalue weighted by atomic mass is 9.80. The van der Waals surface area contributed by atoms with Gasteiger partial charge in [0.25, 0.3) is 5.91 Å². The molecule has 18 heavy (non-hydrogen) atoms. The van der Waals surface area contributed by atoms with Crippen molar-refractivity contribution >= 4 is 23.2 Å². The van der Waals surface area contributed by atoms with Crippen molar-refractivity contribution < 1.29 is 9.53 Å². The van der Waals surface area contributed by atoms with Crippen LogP contribution in [0.2, 0.25) is 5.02 Å². The average molecular weight is 269 g/mol. The van der Waals surface area contributed by atoms with Gasteiger partial charge in [0, 0.05) is 13.7 Å². The Morgan fingerprint density at radius 2 is 2.28 bits per heavy atom. The number of methoxy groups -OCH3 is 1. The molecular formula is C13H17ClN2O2. The maximum atomic E-state index is 12.0. The van der Waals surface area contributed by atoms with E-state index < -0.39 is 0 Å². The molecule has 0 atom stereocenters. The predicted molar refractivity (Wildman–Crippen MR) is 71.8 cm³/mol. The summed E-state index contributed by atoms with van der Waals surface area (Å²) in [5.41, 5.74) is 6.29. The van der Waals surface area contributed by atoms with E-state index in [4.69, 9.17) is 22.1 Å². The summed E-state index contributed by atoms with van der Waals surface area (Å²) in [5, 5.41) is 3.16. The van der Waals surface area contributed by atoms with Gasteiger partial charge >= 0.3 is 0 Å². The first kappa shape index (κ1) is 13.2. The highest BCUT2D eigenvalue weighted by molar-refractivity contribution is 6.36. The zero-order valence-corrected chi connectivity index (χ0v) is 11.1. The van der Waals surface area contributed by atoms with Crippen LogP contribution >= 0.6 is 11.6 Å². The van der Waals surface area contributed by atoms with Crippen LogP contribution in [-0.4, -0.2) is 25.2 Å². The van der Waals surface area contributed by atoms with Crippen LogP contribution < -0.4 is 11.1 Å². The second-order valence-electron chi connectivity index (χ2n) is 4.63. The van der Waals surface area contributed by atoms with Crippen molar-refractivity contribution in [2.45, 2.75) is 24.9 Å². The van der Waals surface area contributed by atoms with Gasteiger partial charge in [-0.25, -0.2) is 0 Å². The van der Waals surface area contributed by atoms with Gasteiger partial charge in [0.05, 0.1) is 21.9 Å². The fourth-order valence-electron chi connectivity index (χ4n) is 2.09. The minimum atomic E-state index is -0.212. The number of nitrogens with two attached hydrogens (primary N) is 1. The standard InChI is InChI=1S/C13H17ClN2O2/c1-18-13(6-3-7-13)8-16-12(17)9-4-2-5-10(15)11(9)14/h2,4-5H,3,6-8,15H2,1H3,(H,16,17). The van der Waals surface area contributed by atoms with Crippen LogP contribution in [0.25, 0.3) is 0 Å². The monoisotopic (exact) mass is 268 g/mol. The number of benzene rings is 1. The number of amides is 1. The topological polar surface area (TPSA) is 64.3 Å². The molecule has 1 fully saturated rings. The summed E-state index contributed by atoms with van der Waals surface area (Å²) in [6.07, 6.45) is 3.10. The molecule has 5 heteroatoms. The van der Waals surface area contributed by atoms with Crippen LogP contribution in [0.1, 0.15) is 29.6 Å². The molecule has 0 aliphatic heterocycles. The Bertz CT molecular complexity index is 453. The highest BCUT2D eigenvalue weighted by Crippen LogP contribution is 2.34. The minimum Gasteiger partial charge on any atom is -0.398 e. The Hall–Kier alpha value is -1.26. The molecule has 0 unspecified atom stereocenters. The molecule has 1 aromatic carbocycles. The molecule has 98 valence electrons. The van der Waals surface area contributed by atoms with E-state index in [1.807, 2.05) is 0 Å². The molecule has 2 rings (SSSR count). The van der Waals surface area contributed by atoms with Crippen molar-refractivity contribution in [3.05, 3.63) is 28.8 Å². The number of rotatable bonds is 4. The number of ether oxygens (including phenoxy) is 1. The summed E-state index contributed by atoms with van der Waals surface area (Å²) in [5.74, 6) is -0.212. The zero-order valence-electron chi connectivity index (χ0n) is 10.3. The maximum Gasteiger partial charge on any atom is 0.252 e. The smallest absolute Gasteiger partial charge is 0.252 e. The van der Waals surface area contributed by atoms with Crippen molar-refractivity contribution in [1.29, 1.82) is 0 Å². The summed E-state index contributed by atoms with van der Waals surface area (Å²) in [6.45, 7) is 0.507. The first-order chi connectivity index (χ1) is 8.58. The third-order valence-electron chi connectivity index (χ3n) is 3.54. The molecule has 1 aliphatic rings. The highest BCUT2D eigenvalue weighted by atomic mass is 35.5. The summed E-state index contributed by atoms with van der Waals surface area (Å²) >= 11 is 6.00. The number of nitrogens with one attached hydrogen (secondary N) is 1. The molecule has 1 aromatic rings. The Labute approximate surface area is 111 Å². The van der Waals surface area contributed by atoms with E-state index in [9.17, 15) is 4.79 Å². The third-order valence-corrected chi connectivity index (χ3v) is 3.96. The zero-order chi connectivity index (χ0) is 13.2. The molecular weight excluding hydrogens is 252 g/mol. The van der Waals surface area contributed by atoms with Gasteiger partial charge in [-0.2, -0.15) is 0 Å². The normalized spacial score (nSPS) is 17.0. The lowest BCUT2D eigenvalue weighted by Crippen LogP contribution is -2.49. The molecule has 1 amide bonds. The van der Waals surface area contributed by atoms with Crippen molar-refractivity contribution in [2.24, 2.45) is 0 Å². The molecule has 0 bridgehead atoms. The lowest BCUT2D eigenvalue weighted by molar-refractivity contribution is -0.0679. The van der Waals surface area contributed by atoms with Gasteiger partial charge in [-0.15, -0.1) is 0 Å². The largest absolute Gasteiger partial charge is 0.398 e. The summed E-state index contributed by atoms with van der Waals surface area (Å²) in [6, 6.07) is 5.04. The van der Waals surface area contributed by atoms with E-state index in [0.29, 0.717) is 22.8 Å². The summed E-state index contributed by atoms with van der Waals surface area (Å²) in [7, 11) is 1.68. The van der Waals surface area contributed by atoms with Crippen LogP contribution in [0.3, 0.4) is 0 Å². The predicted octanol–water partition coefficient (Wildman–Crippen LogP) is 2.22. The van der Waals surface area contributed by atoms with Gasteiger partial charge in [0.15, 0.2) is 0 Å². The molecule has 0 saturated heterocycles. The molecule has 3 N–H and O–H groups in total. The van der Waals surface area contributed by atoms with Crippen molar-refractivity contribution in [2.75, 3.05) is 19.4 Å². The first-order valence-corrected chi connectivity index (χ1v) is 6.33. The number of hydrogen-bond donors (Lipinski definition) is 2. The van der Waals surface area contributed by atoms with Gasteiger partial charge < -0.3 is 15.8 Å². The summed E-state index contributed by atoms with van der Waals surface area (Å²) in [4.78, 5) is 12.0. The van der Waals surface area contributed by atoms with E-state index in [1.165, 1.54) is 0 Å². The molecule has 1 aliphatic carbocycles. The number of halogens is 1. The first-order valence-electron chi connectivity index (χ1n) is 5.95. The van der Waals surface area contributed by atoms with Crippen molar-refractivity contribution in [1.82, 2.24) is 5.32 Å². The van der Waals surface area contributed by atoms with Crippen LogP contribution in [0.4, 0.5) is 5.69 Å². The fraction of sp³-hybridized carbons (Fsp3) is 0.462. The van der Waals surface area contributed by atoms with Crippen LogP contribution in [0, 0.1) is 0 Å². The van der Waals surface area contributed by atoms with Crippen LogP contribution in [-0.2, 0) is 4.74 Å². The molecule has 0 radical (unpaired) electrons. The quantitative estimate of drug-likeness (QED) is 0.823. The lowest BCUT2D eigenvalue weighted by Gasteiger charge is -2.40. The van der Waals surface area contributed by atoms with Gasteiger partial charge in [-0.05, 0) is 31.4 Å². The van der Waals surface area contributed by atoms with Gasteiger partial charge in [0.2, 0.25) is 0 Å². The molecule has 0 aromatic heterocycles. The van der Waals surface area contributed by atoms with E-state index in [1.54, 1.807) is 25.3 Å². The SMILES string of the molecule is COC1(CNC(=O)c2cccc(N)c2Cl)CCC1. The maximum absolute atomic E-state index is 12.0. The number of hydrogen-bond acceptors (Lipinski definition) is 3. The number of carbonyl (C=O) groups is 1. The van der Waals surface area contributed by atoms with E-state index in [2.05, 4.69) is 5.32 Å². The van der Waals surface area contributed by atoms with Gasteiger partial charge in [0.1, 0.15) is 0 Å². The molecule has 1 saturated carbocycles. The second-order valence-corrected chi connectivity index (χ2v) is 5.01. The molecule has 4 nitrogen and oxygen atoms in total. The molecule has 0 spiro atoms. The molecule has 0 heterocycles. The van der Waals surface area contributed by atoms with Gasteiger partial charge in [-0.3, -0.25) is 4.79 Å². The summed E-state index contributed by atoms with van der Waals surface area (Å²) < 4.78 is 5.44. The highest BCUT2D eigenvalue weighted by Gasteiger charge is 2.37. The number of nitrogen functional groups attached to an aromatic ring is 1. The Balaban J connectivity index is 2.02. The Morgan fingerprint density at radius 3 is 2.83 bits per heavy atom. The van der Waals surface area contributed by atoms with Crippen molar-refractivity contribution in [3.63, 3.8) is 0 Å². The minimum absolute atomic E-state index is 0.192. The van der Waals surface area contributed by atoms with Crippen molar-refractivity contribution in [3.8, 4) is 0 Å². The average Bonchev–Trinajstić information content (AvgIpc) is 2.31.